The summed E-state index contributed by atoms with van der Waals surface area (Å²) in [6.45, 7) is 2.91. The lowest BCUT2D eigenvalue weighted by atomic mass is 10.1. The highest BCUT2D eigenvalue weighted by molar-refractivity contribution is 6.12. The van der Waals surface area contributed by atoms with Gasteiger partial charge in [0.1, 0.15) is 5.75 Å². The molecule has 0 saturated carbocycles. The number of unbranched alkanes of at least 4 members (excludes halogenated alkanes) is 2. The van der Waals surface area contributed by atoms with Crippen LogP contribution in [0, 0.1) is 0 Å². The number of carboxylic acid groups (broad SMARTS) is 2. The maximum absolute atomic E-state index is 9.55. The van der Waals surface area contributed by atoms with E-state index in [1.54, 1.807) is 13.3 Å². The summed E-state index contributed by atoms with van der Waals surface area (Å²) in [5.74, 6) is -1.30. The number of nitrogens with two attached hydrogens (primary N) is 1. The van der Waals surface area contributed by atoms with Crippen molar-refractivity contribution < 1.29 is 24.5 Å². The molecule has 9 heteroatoms. The van der Waals surface area contributed by atoms with E-state index in [0.717, 1.165) is 36.3 Å². The molecule has 9 nitrogen and oxygen atoms in total. The fourth-order valence-electron chi connectivity index (χ4n) is 2.49. The van der Waals surface area contributed by atoms with Gasteiger partial charge in [-0.1, -0.05) is 31.9 Å². The van der Waals surface area contributed by atoms with Crippen molar-refractivity contribution in [1.82, 2.24) is 5.43 Å². The maximum Gasteiger partial charge on any atom is 0.328 e. The van der Waals surface area contributed by atoms with Gasteiger partial charge in [-0.05, 0) is 41.7 Å². The molecule has 0 saturated heterocycles. The van der Waals surface area contributed by atoms with Gasteiger partial charge >= 0.3 is 11.9 Å². The Bertz CT molecular complexity index is 828. The first-order chi connectivity index (χ1) is 14.4. The fourth-order valence-corrected chi connectivity index (χ4v) is 2.49. The minimum atomic E-state index is -1.26. The molecule has 1 aliphatic rings. The largest absolute Gasteiger partial charge is 0.497 e. The molecule has 0 aliphatic heterocycles. The normalized spacial score (nSPS) is 12.9. The standard InChI is InChI=1S/C17H24N4O.C4H4O4/c1-3-4-5-10-19-17(18)21-20-12-14-7-6-13-8-9-15(22-2)11-16(13)14;5-3(6)1-2-4(7)8/h7-9,11-12H,3-6,10H2,1-2H3,(H3,18,19,21);1-2H,(H,5,6)(H,7,8)/b20-12-;2-1-. The van der Waals surface area contributed by atoms with Gasteiger partial charge in [-0.25, -0.2) is 15.0 Å². The van der Waals surface area contributed by atoms with E-state index in [1.807, 2.05) is 12.1 Å². The Morgan fingerprint density at radius 1 is 1.23 bits per heavy atom. The Kier molecular flexibility index (Phi) is 11.0. The van der Waals surface area contributed by atoms with Gasteiger partial charge in [0.25, 0.3) is 0 Å². The molecule has 0 amide bonds. The van der Waals surface area contributed by atoms with Crippen LogP contribution in [0.5, 0.6) is 5.75 Å². The second kappa shape index (κ2) is 13.5. The van der Waals surface area contributed by atoms with Crippen LogP contribution < -0.4 is 15.9 Å². The molecule has 0 radical (unpaired) electrons. The number of aliphatic carboxylic acids is 2. The Morgan fingerprint density at radius 2 is 1.93 bits per heavy atom. The van der Waals surface area contributed by atoms with E-state index in [9.17, 15) is 9.59 Å². The van der Waals surface area contributed by atoms with Crippen molar-refractivity contribution in [2.75, 3.05) is 13.7 Å². The van der Waals surface area contributed by atoms with Crippen LogP contribution in [0.15, 0.2) is 46.5 Å². The first-order valence-electron chi connectivity index (χ1n) is 9.47. The van der Waals surface area contributed by atoms with E-state index in [2.05, 4.69) is 34.6 Å². The predicted octanol–water partition coefficient (Wildman–Crippen LogP) is 2.43. The van der Waals surface area contributed by atoms with Gasteiger partial charge in [0, 0.05) is 18.7 Å². The number of aliphatic imine (C=N–C) groups is 1. The van der Waals surface area contributed by atoms with Crippen LogP contribution in [-0.4, -0.2) is 48.0 Å². The summed E-state index contributed by atoms with van der Waals surface area (Å²) in [6.07, 6.45) is 9.36. The molecule has 0 spiro atoms. The molecule has 0 bridgehead atoms. The Labute approximate surface area is 175 Å². The van der Waals surface area contributed by atoms with Gasteiger partial charge in [0.2, 0.25) is 5.96 Å². The third-order valence-electron chi connectivity index (χ3n) is 3.96. The summed E-state index contributed by atoms with van der Waals surface area (Å²) in [4.78, 5) is 23.3. The number of guanidine groups is 1. The van der Waals surface area contributed by atoms with E-state index in [0.29, 0.717) is 18.1 Å². The van der Waals surface area contributed by atoms with Crippen LogP contribution >= 0.6 is 0 Å². The third-order valence-corrected chi connectivity index (χ3v) is 3.96. The number of hydrazone groups is 1. The molecular weight excluding hydrogens is 388 g/mol. The minimum Gasteiger partial charge on any atom is -0.497 e. The van der Waals surface area contributed by atoms with Crippen LogP contribution in [0.1, 0.15) is 37.3 Å². The van der Waals surface area contributed by atoms with Crippen LogP contribution in [0.3, 0.4) is 0 Å². The Balaban J connectivity index is 0.000000479. The summed E-state index contributed by atoms with van der Waals surface area (Å²) in [7, 11) is 1.67. The van der Waals surface area contributed by atoms with Gasteiger partial charge in [-0.3, -0.25) is 4.99 Å². The molecule has 162 valence electrons. The lowest BCUT2D eigenvalue weighted by Gasteiger charge is -2.05. The monoisotopic (exact) mass is 416 g/mol. The number of carboxylic acids is 2. The molecule has 0 unspecified atom stereocenters. The van der Waals surface area contributed by atoms with Crippen molar-refractivity contribution in [3.8, 4) is 5.75 Å². The zero-order chi connectivity index (χ0) is 22.4. The van der Waals surface area contributed by atoms with Crippen LogP contribution in [0.25, 0.3) is 5.57 Å². The molecule has 1 aromatic carbocycles. The van der Waals surface area contributed by atoms with Crippen molar-refractivity contribution in [2.45, 2.75) is 32.6 Å². The van der Waals surface area contributed by atoms with Crippen molar-refractivity contribution in [1.29, 1.82) is 0 Å². The smallest absolute Gasteiger partial charge is 0.328 e. The fraction of sp³-hybridized carbons (Fsp3) is 0.333. The van der Waals surface area contributed by atoms with E-state index in [-0.39, 0.29) is 0 Å². The highest BCUT2D eigenvalue weighted by Crippen LogP contribution is 2.29. The van der Waals surface area contributed by atoms with Crippen LogP contribution in [-0.2, 0) is 16.0 Å². The number of benzene rings is 1. The number of rotatable bonds is 9. The van der Waals surface area contributed by atoms with E-state index in [1.165, 1.54) is 18.4 Å². The average Bonchev–Trinajstić information content (AvgIpc) is 3.12. The highest BCUT2D eigenvalue weighted by atomic mass is 16.5. The summed E-state index contributed by atoms with van der Waals surface area (Å²) < 4.78 is 5.27. The van der Waals surface area contributed by atoms with Gasteiger partial charge in [-0.2, -0.15) is 5.10 Å². The highest BCUT2D eigenvalue weighted by Gasteiger charge is 2.13. The van der Waals surface area contributed by atoms with Crippen molar-refractivity contribution in [3.63, 3.8) is 0 Å². The van der Waals surface area contributed by atoms with Crippen LogP contribution in [0.2, 0.25) is 0 Å². The Morgan fingerprint density at radius 3 is 2.53 bits per heavy atom. The van der Waals surface area contributed by atoms with Gasteiger partial charge in [-0.15, -0.1) is 0 Å². The van der Waals surface area contributed by atoms with E-state index < -0.39 is 11.9 Å². The molecule has 2 rings (SSSR count). The lowest BCUT2D eigenvalue weighted by Crippen LogP contribution is -2.27. The molecule has 0 atom stereocenters. The molecule has 0 aromatic heterocycles. The number of hydrogen-bond donors (Lipinski definition) is 4. The number of carbonyl (C=O) groups is 2. The zero-order valence-corrected chi connectivity index (χ0v) is 17.2. The van der Waals surface area contributed by atoms with E-state index >= 15 is 0 Å². The molecule has 0 heterocycles. The second-order valence-corrected chi connectivity index (χ2v) is 6.24. The van der Waals surface area contributed by atoms with Gasteiger partial charge in [0.15, 0.2) is 0 Å². The summed E-state index contributed by atoms with van der Waals surface area (Å²) in [5, 5.41) is 19.8. The zero-order valence-electron chi connectivity index (χ0n) is 17.2. The molecule has 1 aliphatic carbocycles. The predicted molar refractivity (Wildman–Crippen MR) is 117 cm³/mol. The molecule has 5 N–H and O–H groups in total. The molecule has 0 fully saturated rings. The first kappa shape index (κ1) is 24.4. The third kappa shape index (κ3) is 9.54. The number of methoxy groups -OCH3 is 1. The number of ether oxygens (including phenoxy) is 1. The summed E-state index contributed by atoms with van der Waals surface area (Å²) in [5.41, 5.74) is 12.0. The quantitative estimate of drug-likeness (QED) is 0.159. The molecule has 30 heavy (non-hydrogen) atoms. The topological polar surface area (TPSA) is 147 Å². The summed E-state index contributed by atoms with van der Waals surface area (Å²) in [6, 6.07) is 6.09. The van der Waals surface area contributed by atoms with E-state index in [4.69, 9.17) is 20.7 Å². The van der Waals surface area contributed by atoms with Crippen molar-refractivity contribution >= 4 is 29.7 Å². The van der Waals surface area contributed by atoms with Crippen LogP contribution in [0.4, 0.5) is 0 Å². The van der Waals surface area contributed by atoms with Crippen molar-refractivity contribution in [2.24, 2.45) is 15.8 Å². The van der Waals surface area contributed by atoms with Crippen molar-refractivity contribution in [3.05, 3.63) is 47.6 Å². The maximum atomic E-state index is 9.55. The van der Waals surface area contributed by atoms with Gasteiger partial charge < -0.3 is 20.7 Å². The van der Waals surface area contributed by atoms with Gasteiger partial charge in [0.05, 0.1) is 13.3 Å². The second-order valence-electron chi connectivity index (χ2n) is 6.24. The Hall–Kier alpha value is -3.62. The SMILES string of the molecule is CCCCCN=C(N)N/N=C\C1=CCc2ccc(OC)cc21.O=C(O)/C=C\C(=O)O. The number of hydrogen-bond acceptors (Lipinski definition) is 5. The number of allylic oxidation sites excluding steroid dienone is 2. The first-order valence-corrected chi connectivity index (χ1v) is 9.47. The number of fused-ring (bicyclic) bond motifs is 1. The lowest BCUT2D eigenvalue weighted by molar-refractivity contribution is -0.134. The summed E-state index contributed by atoms with van der Waals surface area (Å²) >= 11 is 0. The average molecular weight is 416 g/mol. The number of nitrogens with one attached hydrogen (secondary N) is 1. The number of nitrogens with zero attached hydrogens (tertiary/aromatic N) is 2. The molecular formula is C21H28N4O5. The molecule has 1 aromatic rings. The minimum absolute atomic E-state index is 0.358.